The molecule has 3 unspecified atom stereocenters. The van der Waals surface area contributed by atoms with Crippen LogP contribution in [-0.4, -0.2) is 78.4 Å². The SMILES string of the molecule is CC(C)(C)OC(=O)NC(Cc1ccccc1)C(=O)C(N)(CCCN(CCCNC(=O)OCc1ccccc1)C(=O)OCc1ccccc1)CCC(NC=O)OCc1ccccc1. The molecule has 0 bridgehead atoms. The van der Waals surface area contributed by atoms with E-state index in [4.69, 9.17) is 24.7 Å². The Kier molecular flexibility index (Phi) is 19.9. The minimum Gasteiger partial charge on any atom is -0.445 e. The van der Waals surface area contributed by atoms with E-state index in [1.54, 1.807) is 20.8 Å². The molecule has 0 spiro atoms. The molecule has 332 valence electrons. The number of hydrogen-bond donors (Lipinski definition) is 4. The predicted molar refractivity (Wildman–Crippen MR) is 235 cm³/mol. The van der Waals surface area contributed by atoms with E-state index in [1.807, 2.05) is 121 Å². The van der Waals surface area contributed by atoms with Crippen LogP contribution in [0.15, 0.2) is 121 Å². The first-order valence-electron chi connectivity index (χ1n) is 21.0. The quantitative estimate of drug-likeness (QED) is 0.0230. The first-order chi connectivity index (χ1) is 29.8. The topological polar surface area (TPSA) is 188 Å². The van der Waals surface area contributed by atoms with Crippen LogP contribution in [-0.2, 0) is 54.8 Å². The van der Waals surface area contributed by atoms with Gasteiger partial charge in [0.25, 0.3) is 0 Å². The van der Waals surface area contributed by atoms with Crippen LogP contribution in [0.2, 0.25) is 0 Å². The molecule has 0 aliphatic carbocycles. The minimum absolute atomic E-state index is 0.0468. The first kappa shape index (κ1) is 48.4. The molecule has 4 aromatic carbocycles. The number of hydrogen-bond acceptors (Lipinski definition) is 10. The third-order valence-electron chi connectivity index (χ3n) is 9.78. The fraction of sp³-hybridized carbons (Fsp3) is 0.396. The van der Waals surface area contributed by atoms with Crippen LogP contribution in [0.25, 0.3) is 0 Å². The summed E-state index contributed by atoms with van der Waals surface area (Å²) in [6.07, 6.45) is -1.10. The van der Waals surface area contributed by atoms with Crippen molar-refractivity contribution in [3.63, 3.8) is 0 Å². The van der Waals surface area contributed by atoms with E-state index in [0.717, 1.165) is 22.3 Å². The normalized spacial score (nSPS) is 13.0. The van der Waals surface area contributed by atoms with Crippen molar-refractivity contribution in [1.82, 2.24) is 20.9 Å². The molecule has 14 nitrogen and oxygen atoms in total. The van der Waals surface area contributed by atoms with Gasteiger partial charge >= 0.3 is 18.3 Å². The maximum Gasteiger partial charge on any atom is 0.410 e. The van der Waals surface area contributed by atoms with Crippen molar-refractivity contribution < 1.29 is 42.9 Å². The van der Waals surface area contributed by atoms with Gasteiger partial charge in [-0.1, -0.05) is 121 Å². The van der Waals surface area contributed by atoms with E-state index in [2.05, 4.69) is 16.0 Å². The third kappa shape index (κ3) is 18.2. The number of nitrogens with two attached hydrogens (primary N) is 1. The molecule has 5 N–H and O–H groups in total. The van der Waals surface area contributed by atoms with Gasteiger partial charge in [0.2, 0.25) is 6.41 Å². The van der Waals surface area contributed by atoms with Crippen molar-refractivity contribution >= 4 is 30.5 Å². The van der Waals surface area contributed by atoms with Gasteiger partial charge in [-0.15, -0.1) is 0 Å². The Labute approximate surface area is 364 Å². The molecule has 14 heteroatoms. The number of ether oxygens (including phenoxy) is 4. The number of alkyl carbamates (subject to hydrolysis) is 2. The van der Waals surface area contributed by atoms with Crippen molar-refractivity contribution in [3.05, 3.63) is 144 Å². The van der Waals surface area contributed by atoms with Crippen LogP contribution in [0.4, 0.5) is 14.4 Å². The summed E-state index contributed by atoms with van der Waals surface area (Å²) in [5.41, 5.74) is 8.11. The summed E-state index contributed by atoms with van der Waals surface area (Å²) in [4.78, 5) is 67.2. The van der Waals surface area contributed by atoms with Crippen molar-refractivity contribution in [2.24, 2.45) is 5.73 Å². The Bertz CT molecular complexity index is 1950. The number of nitrogens with one attached hydrogen (secondary N) is 3. The lowest BCUT2D eigenvalue weighted by Crippen LogP contribution is -2.58. The van der Waals surface area contributed by atoms with Gasteiger partial charge in [0.15, 0.2) is 5.78 Å². The van der Waals surface area contributed by atoms with Gasteiger partial charge in [-0.05, 0) is 81.5 Å². The average Bonchev–Trinajstić information content (AvgIpc) is 3.27. The molecule has 62 heavy (non-hydrogen) atoms. The van der Waals surface area contributed by atoms with Crippen LogP contribution in [0.3, 0.4) is 0 Å². The standard InChI is InChI=1S/C48H61N5O9/c1-47(2,3)62-45(57)52-41(32-37-18-8-4-9-19-37)43(55)48(49,28-26-42(51-36-54)59-33-38-20-10-5-11-21-38)27-16-30-53(46(58)61-35-40-24-14-7-15-25-40)31-17-29-50-44(56)60-34-39-22-12-6-13-23-39/h4-15,18-25,36,41-42H,16-17,26-35,49H2,1-3H3,(H,50,56)(H,51,54)(H,52,57). The number of benzene rings is 4. The molecule has 0 aromatic heterocycles. The molecule has 0 radical (unpaired) electrons. The second-order valence-electron chi connectivity index (χ2n) is 16.0. The molecule has 4 aromatic rings. The molecule has 0 aliphatic rings. The van der Waals surface area contributed by atoms with Crippen molar-refractivity contribution in [1.29, 1.82) is 0 Å². The van der Waals surface area contributed by atoms with Crippen molar-refractivity contribution in [2.75, 3.05) is 19.6 Å². The van der Waals surface area contributed by atoms with Gasteiger partial charge in [-0.2, -0.15) is 0 Å². The number of nitrogens with zero attached hydrogens (tertiary/aromatic N) is 1. The number of amides is 4. The Morgan fingerprint density at radius 3 is 1.74 bits per heavy atom. The number of ketones is 1. The number of rotatable bonds is 25. The molecule has 4 rings (SSSR count). The Hall–Kier alpha value is -6.25. The molecule has 0 aliphatic heterocycles. The van der Waals surface area contributed by atoms with Crippen LogP contribution >= 0.6 is 0 Å². The third-order valence-corrected chi connectivity index (χ3v) is 9.78. The maximum atomic E-state index is 14.8. The van der Waals surface area contributed by atoms with Crippen LogP contribution in [0.5, 0.6) is 0 Å². The maximum absolute atomic E-state index is 14.8. The number of carbonyl (C=O) groups excluding carboxylic acids is 5. The lowest BCUT2D eigenvalue weighted by Gasteiger charge is -2.34. The van der Waals surface area contributed by atoms with Crippen molar-refractivity contribution in [2.45, 2.75) is 103 Å². The van der Waals surface area contributed by atoms with Crippen LogP contribution in [0.1, 0.15) is 75.1 Å². The van der Waals surface area contributed by atoms with E-state index >= 15 is 0 Å². The zero-order valence-electron chi connectivity index (χ0n) is 36.0. The summed E-state index contributed by atoms with van der Waals surface area (Å²) in [5.74, 6) is -0.448. The highest BCUT2D eigenvalue weighted by atomic mass is 16.6. The number of Topliss-reactive ketones (excluding diaryl/α,β-unsaturated/α-hetero) is 1. The molecular weight excluding hydrogens is 791 g/mol. The summed E-state index contributed by atoms with van der Waals surface area (Å²) >= 11 is 0. The van der Waals surface area contributed by atoms with E-state index in [9.17, 15) is 24.0 Å². The summed E-state index contributed by atoms with van der Waals surface area (Å²) < 4.78 is 22.6. The number of carbonyl (C=O) groups is 5. The van der Waals surface area contributed by atoms with E-state index in [0.29, 0.717) is 12.8 Å². The Morgan fingerprint density at radius 2 is 1.19 bits per heavy atom. The molecule has 0 saturated carbocycles. The summed E-state index contributed by atoms with van der Waals surface area (Å²) in [7, 11) is 0. The van der Waals surface area contributed by atoms with Gasteiger partial charge < -0.3 is 45.5 Å². The Balaban J connectivity index is 1.51. The van der Waals surface area contributed by atoms with E-state index < -0.39 is 47.5 Å². The Morgan fingerprint density at radius 1 is 0.677 bits per heavy atom. The fourth-order valence-corrected chi connectivity index (χ4v) is 6.60. The second-order valence-corrected chi connectivity index (χ2v) is 16.0. The highest BCUT2D eigenvalue weighted by Crippen LogP contribution is 2.24. The molecule has 0 heterocycles. The van der Waals surface area contributed by atoms with Crippen LogP contribution in [0, 0.1) is 0 Å². The smallest absolute Gasteiger partial charge is 0.410 e. The highest BCUT2D eigenvalue weighted by molar-refractivity contribution is 5.95. The summed E-state index contributed by atoms with van der Waals surface area (Å²) in [6.45, 7) is 6.15. The lowest BCUT2D eigenvalue weighted by atomic mass is 9.80. The fourth-order valence-electron chi connectivity index (χ4n) is 6.60. The lowest BCUT2D eigenvalue weighted by molar-refractivity contribution is -0.127. The summed E-state index contributed by atoms with van der Waals surface area (Å²) in [5, 5.41) is 8.20. The van der Waals surface area contributed by atoms with E-state index in [1.165, 1.54) is 4.90 Å². The van der Waals surface area contributed by atoms with Gasteiger partial charge in [-0.3, -0.25) is 9.59 Å². The summed E-state index contributed by atoms with van der Waals surface area (Å²) in [6, 6.07) is 36.2. The van der Waals surface area contributed by atoms with Crippen LogP contribution < -0.4 is 21.7 Å². The van der Waals surface area contributed by atoms with Gasteiger partial charge in [0.05, 0.1) is 18.2 Å². The first-order valence-corrected chi connectivity index (χ1v) is 21.0. The minimum atomic E-state index is -1.57. The molecular formula is C48H61N5O9. The second kappa shape index (κ2) is 25.5. The highest BCUT2D eigenvalue weighted by Gasteiger charge is 2.40. The van der Waals surface area contributed by atoms with E-state index in [-0.39, 0.29) is 71.6 Å². The predicted octanol–water partition coefficient (Wildman–Crippen LogP) is 7.19. The zero-order valence-corrected chi connectivity index (χ0v) is 36.0. The van der Waals surface area contributed by atoms with Gasteiger partial charge in [0, 0.05) is 19.6 Å². The average molecular weight is 852 g/mol. The monoisotopic (exact) mass is 851 g/mol. The molecule has 0 saturated heterocycles. The molecule has 0 fully saturated rings. The zero-order chi connectivity index (χ0) is 44.6. The van der Waals surface area contributed by atoms with Gasteiger partial charge in [0.1, 0.15) is 25.0 Å². The van der Waals surface area contributed by atoms with Crippen molar-refractivity contribution in [3.8, 4) is 0 Å². The van der Waals surface area contributed by atoms with Gasteiger partial charge in [-0.25, -0.2) is 14.4 Å². The largest absolute Gasteiger partial charge is 0.445 e. The molecule has 3 atom stereocenters. The molecule has 4 amide bonds.